The number of rotatable bonds is 5. The number of fused-ring (bicyclic) bond motifs is 2. The van der Waals surface area contributed by atoms with Crippen LogP contribution in [0.1, 0.15) is 13.8 Å². The maximum absolute atomic E-state index is 4.65. The van der Waals surface area contributed by atoms with Gasteiger partial charge in [-0.3, -0.25) is 9.30 Å². The van der Waals surface area contributed by atoms with Crippen molar-refractivity contribution in [2.45, 2.75) is 19.9 Å². The van der Waals surface area contributed by atoms with E-state index in [1.807, 2.05) is 18.6 Å². The average Bonchev–Trinajstić information content (AvgIpc) is 3.54. The third-order valence-corrected chi connectivity index (χ3v) is 6.96. The number of benzene rings is 2. The first kappa shape index (κ1) is 20.8. The van der Waals surface area contributed by atoms with Crippen molar-refractivity contribution in [1.29, 1.82) is 0 Å². The summed E-state index contributed by atoms with van der Waals surface area (Å²) in [6, 6.07) is 22.3. The largest absolute Gasteiger partial charge is 0.369 e. The fourth-order valence-electron chi connectivity index (χ4n) is 4.96. The zero-order valence-corrected chi connectivity index (χ0v) is 19.7. The third kappa shape index (κ3) is 3.80. The first-order valence-corrected chi connectivity index (χ1v) is 12.1. The van der Waals surface area contributed by atoms with Crippen molar-refractivity contribution in [3.63, 3.8) is 0 Å². The van der Waals surface area contributed by atoms with Gasteiger partial charge < -0.3 is 15.2 Å². The molecule has 0 amide bonds. The Morgan fingerprint density at radius 1 is 0.912 bits per heavy atom. The molecule has 6 nitrogen and oxygen atoms in total. The van der Waals surface area contributed by atoms with Crippen molar-refractivity contribution >= 4 is 33.6 Å². The quantitative estimate of drug-likeness (QED) is 0.358. The Balaban J connectivity index is 1.22. The molecule has 6 rings (SSSR count). The first-order chi connectivity index (χ1) is 16.7. The first-order valence-electron chi connectivity index (χ1n) is 12.1. The van der Waals surface area contributed by atoms with Gasteiger partial charge in [-0.25, -0.2) is 4.98 Å². The van der Waals surface area contributed by atoms with Gasteiger partial charge in [-0.1, -0.05) is 12.1 Å². The van der Waals surface area contributed by atoms with Crippen molar-refractivity contribution in [2.24, 2.45) is 0 Å². The molecule has 0 unspecified atom stereocenters. The lowest BCUT2D eigenvalue weighted by Gasteiger charge is -2.38. The minimum atomic E-state index is 0.621. The fraction of sp³-hybridized carbons (Fsp3) is 0.250. The third-order valence-electron chi connectivity index (χ3n) is 6.96. The van der Waals surface area contributed by atoms with Crippen molar-refractivity contribution in [3.05, 3.63) is 79.3 Å². The predicted molar refractivity (Wildman–Crippen MR) is 141 cm³/mol. The lowest BCUT2D eigenvalue weighted by Crippen LogP contribution is -2.48. The zero-order chi connectivity index (χ0) is 23.1. The van der Waals surface area contributed by atoms with E-state index in [0.29, 0.717) is 6.04 Å². The molecule has 0 atom stereocenters. The highest BCUT2D eigenvalue weighted by Gasteiger charge is 2.19. The molecule has 0 radical (unpaired) electrons. The number of hydrogen-bond acceptors (Lipinski definition) is 4. The topological polar surface area (TPSA) is 51.6 Å². The molecule has 34 heavy (non-hydrogen) atoms. The molecule has 0 spiro atoms. The Hall–Kier alpha value is -3.77. The van der Waals surface area contributed by atoms with Crippen LogP contribution in [0.25, 0.3) is 27.8 Å². The summed E-state index contributed by atoms with van der Waals surface area (Å²) in [6.45, 7) is 8.96. The van der Waals surface area contributed by atoms with E-state index in [2.05, 4.69) is 104 Å². The second-order valence-corrected chi connectivity index (χ2v) is 9.32. The number of hydrogen-bond donors (Lipinski definition) is 2. The number of nitrogens with zero attached hydrogens (tertiary/aromatic N) is 4. The Bertz CT molecular complexity index is 1420. The summed E-state index contributed by atoms with van der Waals surface area (Å²) in [5, 5.41) is 4.79. The Kier molecular flexibility index (Phi) is 5.23. The maximum atomic E-state index is 4.65. The van der Waals surface area contributed by atoms with E-state index in [1.165, 1.54) is 11.1 Å². The molecule has 2 N–H and O–H groups in total. The van der Waals surface area contributed by atoms with Gasteiger partial charge in [0.2, 0.25) is 0 Å². The van der Waals surface area contributed by atoms with Gasteiger partial charge in [-0.05, 0) is 67.8 Å². The van der Waals surface area contributed by atoms with Crippen LogP contribution in [0, 0.1) is 0 Å². The summed E-state index contributed by atoms with van der Waals surface area (Å²) >= 11 is 0. The second-order valence-electron chi connectivity index (χ2n) is 9.32. The van der Waals surface area contributed by atoms with Crippen LogP contribution in [0.3, 0.4) is 0 Å². The van der Waals surface area contributed by atoms with Crippen molar-refractivity contribution in [3.8, 4) is 11.3 Å². The van der Waals surface area contributed by atoms with Crippen LogP contribution in [-0.4, -0.2) is 51.5 Å². The van der Waals surface area contributed by atoms with Gasteiger partial charge in [0.25, 0.3) is 0 Å². The van der Waals surface area contributed by atoms with E-state index in [0.717, 1.165) is 60.0 Å². The van der Waals surface area contributed by atoms with Gasteiger partial charge >= 0.3 is 0 Å². The van der Waals surface area contributed by atoms with E-state index in [4.69, 9.17) is 0 Å². The number of anilines is 3. The Morgan fingerprint density at radius 2 is 1.74 bits per heavy atom. The lowest BCUT2D eigenvalue weighted by atomic mass is 10.1. The molecule has 6 heteroatoms. The van der Waals surface area contributed by atoms with E-state index in [9.17, 15) is 0 Å². The maximum Gasteiger partial charge on any atom is 0.161 e. The normalized spacial score (nSPS) is 15.0. The van der Waals surface area contributed by atoms with E-state index in [1.54, 1.807) is 0 Å². The van der Waals surface area contributed by atoms with Crippen molar-refractivity contribution in [2.75, 3.05) is 36.4 Å². The van der Waals surface area contributed by atoms with E-state index < -0.39 is 0 Å². The minimum absolute atomic E-state index is 0.621. The van der Waals surface area contributed by atoms with Crippen LogP contribution in [0.15, 0.2) is 79.3 Å². The van der Waals surface area contributed by atoms with Crippen LogP contribution >= 0.6 is 0 Å². The van der Waals surface area contributed by atoms with Gasteiger partial charge in [0.1, 0.15) is 0 Å². The standard InChI is InChI=1S/C28H30N6/c1-20(2)32-15-17-33(18-16-32)24-7-5-23(6-8-24)31-25-9-10-27(34-14-13-30-28(25)34)22-4-3-21-11-12-29-26(21)19-22/h3-14,19-20,29,31H,15-18H2,1-2H3. The van der Waals surface area contributed by atoms with Crippen LogP contribution in [-0.2, 0) is 0 Å². The number of piperazine rings is 1. The zero-order valence-electron chi connectivity index (χ0n) is 19.7. The average molecular weight is 451 g/mol. The molecule has 5 aromatic rings. The fourth-order valence-corrected chi connectivity index (χ4v) is 4.96. The molecule has 1 saturated heterocycles. The monoisotopic (exact) mass is 450 g/mol. The molecular formula is C28H30N6. The number of imidazole rings is 1. The Morgan fingerprint density at radius 3 is 2.53 bits per heavy atom. The molecule has 1 aliphatic heterocycles. The minimum Gasteiger partial charge on any atom is -0.369 e. The smallest absolute Gasteiger partial charge is 0.161 e. The highest BCUT2D eigenvalue weighted by molar-refractivity contribution is 5.85. The number of H-pyrrole nitrogens is 1. The van der Waals surface area contributed by atoms with Crippen LogP contribution in [0.5, 0.6) is 0 Å². The lowest BCUT2D eigenvalue weighted by molar-refractivity contribution is 0.209. The van der Waals surface area contributed by atoms with Gasteiger partial charge in [-0.15, -0.1) is 0 Å². The molecule has 2 aromatic carbocycles. The highest BCUT2D eigenvalue weighted by Crippen LogP contribution is 2.30. The van der Waals surface area contributed by atoms with Crippen LogP contribution in [0.4, 0.5) is 17.1 Å². The summed E-state index contributed by atoms with van der Waals surface area (Å²) in [4.78, 5) is 13.0. The number of pyridine rings is 1. The summed E-state index contributed by atoms with van der Waals surface area (Å²) in [6.07, 6.45) is 5.86. The van der Waals surface area contributed by atoms with Gasteiger partial charge in [0.05, 0.1) is 11.4 Å². The molecular weight excluding hydrogens is 420 g/mol. The molecule has 0 bridgehead atoms. The molecule has 1 aliphatic rings. The van der Waals surface area contributed by atoms with E-state index in [-0.39, 0.29) is 0 Å². The van der Waals surface area contributed by atoms with Crippen molar-refractivity contribution < 1.29 is 0 Å². The number of aromatic amines is 1. The van der Waals surface area contributed by atoms with Crippen LogP contribution in [0.2, 0.25) is 0 Å². The molecule has 4 heterocycles. The van der Waals surface area contributed by atoms with Gasteiger partial charge in [-0.2, -0.15) is 0 Å². The molecule has 0 saturated carbocycles. The highest BCUT2D eigenvalue weighted by atomic mass is 15.3. The predicted octanol–water partition coefficient (Wildman–Crippen LogP) is 5.76. The summed E-state index contributed by atoms with van der Waals surface area (Å²) < 4.78 is 2.15. The van der Waals surface area contributed by atoms with Gasteiger partial charge in [0.15, 0.2) is 5.65 Å². The van der Waals surface area contributed by atoms with E-state index >= 15 is 0 Å². The second kappa shape index (κ2) is 8.54. The number of nitrogens with one attached hydrogen (secondary N) is 2. The molecule has 0 aliphatic carbocycles. The van der Waals surface area contributed by atoms with Crippen molar-refractivity contribution in [1.82, 2.24) is 19.3 Å². The molecule has 3 aromatic heterocycles. The molecule has 1 fully saturated rings. The van der Waals surface area contributed by atoms with Gasteiger partial charge in [0, 0.05) is 73.3 Å². The Labute approximate surface area is 199 Å². The SMILES string of the molecule is CC(C)N1CCN(c2ccc(Nc3ccc(-c4ccc5cc[nH]c5c4)n4ccnc34)cc2)CC1. The summed E-state index contributed by atoms with van der Waals surface area (Å²) in [7, 11) is 0. The summed E-state index contributed by atoms with van der Waals surface area (Å²) in [5.74, 6) is 0. The molecule has 172 valence electrons. The van der Waals surface area contributed by atoms with Crippen LogP contribution < -0.4 is 10.2 Å². The number of aromatic nitrogens is 3. The summed E-state index contributed by atoms with van der Waals surface area (Å²) in [5.41, 5.74) is 7.67.